The number of carbonyl (C=O) groups is 1. The highest BCUT2D eigenvalue weighted by atomic mass is 35.5. The van der Waals surface area contributed by atoms with Gasteiger partial charge in [0.2, 0.25) is 5.91 Å². The Morgan fingerprint density at radius 1 is 1.25 bits per heavy atom. The van der Waals surface area contributed by atoms with E-state index in [1.54, 1.807) is 24.3 Å². The lowest BCUT2D eigenvalue weighted by molar-refractivity contribution is -0.118. The number of nitrogens with two attached hydrogens (primary N) is 1. The Bertz CT molecular complexity index is 932. The maximum Gasteiger partial charge on any atom is 0.330 e. The summed E-state index contributed by atoms with van der Waals surface area (Å²) in [4.78, 5) is 41.4. The van der Waals surface area contributed by atoms with Gasteiger partial charge in [-0.3, -0.25) is 19.1 Å². The highest BCUT2D eigenvalue weighted by Crippen LogP contribution is 2.20. The minimum absolute atomic E-state index is 0.0207. The molecule has 0 unspecified atom stereocenters. The predicted molar refractivity (Wildman–Crippen MR) is 113 cm³/mol. The summed E-state index contributed by atoms with van der Waals surface area (Å²) in [5.41, 5.74) is 5.78. The van der Waals surface area contributed by atoms with Crippen LogP contribution in [0.2, 0.25) is 5.02 Å². The zero-order chi connectivity index (χ0) is 20.8. The van der Waals surface area contributed by atoms with Crippen LogP contribution in [0.1, 0.15) is 39.2 Å². The second-order valence-electron chi connectivity index (χ2n) is 7.20. The van der Waals surface area contributed by atoms with Crippen LogP contribution in [0, 0.1) is 5.92 Å². The Balaban J connectivity index is 2.47. The number of nitrogen functional groups attached to an aromatic ring is 1. The second-order valence-corrected chi connectivity index (χ2v) is 7.64. The average Bonchev–Trinajstić information content (AvgIpc) is 2.62. The smallest absolute Gasteiger partial charge is 0.330 e. The maximum absolute atomic E-state index is 13.0. The van der Waals surface area contributed by atoms with E-state index in [-0.39, 0.29) is 29.8 Å². The molecule has 1 aromatic heterocycles. The van der Waals surface area contributed by atoms with Gasteiger partial charge in [0, 0.05) is 18.1 Å². The van der Waals surface area contributed by atoms with Crippen molar-refractivity contribution in [2.75, 3.05) is 17.2 Å². The number of amides is 1. The van der Waals surface area contributed by atoms with Gasteiger partial charge in [-0.25, -0.2) is 4.79 Å². The molecule has 152 valence electrons. The number of hydrogen-bond donors (Lipinski definition) is 2. The van der Waals surface area contributed by atoms with Crippen molar-refractivity contribution in [1.82, 2.24) is 9.55 Å². The van der Waals surface area contributed by atoms with Gasteiger partial charge in [0.15, 0.2) is 5.69 Å². The zero-order valence-electron chi connectivity index (χ0n) is 16.5. The fourth-order valence-electron chi connectivity index (χ4n) is 2.93. The van der Waals surface area contributed by atoms with Crippen molar-refractivity contribution in [2.24, 2.45) is 5.92 Å². The topological polar surface area (TPSA) is 101 Å². The number of anilines is 2. The highest BCUT2D eigenvalue weighted by molar-refractivity contribution is 6.30. The van der Waals surface area contributed by atoms with Gasteiger partial charge < -0.3 is 10.6 Å². The molecule has 0 saturated heterocycles. The van der Waals surface area contributed by atoms with E-state index in [2.05, 4.69) is 4.98 Å². The number of benzene rings is 1. The van der Waals surface area contributed by atoms with E-state index < -0.39 is 11.2 Å². The number of nitrogens with one attached hydrogen (secondary N) is 1. The van der Waals surface area contributed by atoms with Gasteiger partial charge >= 0.3 is 5.69 Å². The van der Waals surface area contributed by atoms with Crippen LogP contribution in [0.15, 0.2) is 33.9 Å². The minimum atomic E-state index is -0.652. The van der Waals surface area contributed by atoms with Crippen LogP contribution in [0.4, 0.5) is 11.5 Å². The first kappa shape index (κ1) is 21.8. The third-order valence-corrected chi connectivity index (χ3v) is 4.59. The first-order chi connectivity index (χ1) is 13.2. The highest BCUT2D eigenvalue weighted by Gasteiger charge is 2.25. The number of halogens is 1. The lowest BCUT2D eigenvalue weighted by atomic mass is 10.1. The number of carbonyl (C=O) groups excluding carboxylic acids is 1. The summed E-state index contributed by atoms with van der Waals surface area (Å²) in [5, 5.41) is 0.582. The molecule has 0 atom stereocenters. The normalized spacial score (nSPS) is 11.0. The molecule has 8 heteroatoms. The number of nitrogens with zero attached hydrogens (tertiary/aromatic N) is 2. The molecule has 0 spiro atoms. The molecule has 0 bridgehead atoms. The first-order valence-corrected chi connectivity index (χ1v) is 9.79. The van der Waals surface area contributed by atoms with E-state index >= 15 is 0 Å². The number of rotatable bonds is 8. The second kappa shape index (κ2) is 9.59. The quantitative estimate of drug-likeness (QED) is 0.703. The Morgan fingerprint density at radius 3 is 2.46 bits per heavy atom. The third kappa shape index (κ3) is 5.25. The van der Waals surface area contributed by atoms with Crippen LogP contribution in [0.25, 0.3) is 0 Å². The molecule has 0 aliphatic rings. The third-order valence-electron chi connectivity index (χ3n) is 4.34. The molecule has 0 fully saturated rings. The van der Waals surface area contributed by atoms with Crippen molar-refractivity contribution < 1.29 is 4.79 Å². The van der Waals surface area contributed by atoms with Gasteiger partial charge in [0.05, 0.1) is 6.42 Å². The SMILES string of the molecule is CCCCn1c(N)c(N(CC(C)C)C(=O)Cc2ccc(Cl)cc2)c(=O)[nH]c1=O. The van der Waals surface area contributed by atoms with Crippen molar-refractivity contribution in [3.8, 4) is 0 Å². The van der Waals surface area contributed by atoms with Crippen molar-refractivity contribution in [3.63, 3.8) is 0 Å². The minimum Gasteiger partial charge on any atom is -0.383 e. The summed E-state index contributed by atoms with van der Waals surface area (Å²) in [6.45, 7) is 6.58. The summed E-state index contributed by atoms with van der Waals surface area (Å²) in [7, 11) is 0. The summed E-state index contributed by atoms with van der Waals surface area (Å²) >= 11 is 5.90. The van der Waals surface area contributed by atoms with E-state index in [1.807, 2.05) is 20.8 Å². The molecule has 2 aromatic rings. The standard InChI is InChI=1S/C20H27ClN4O3/c1-4-5-10-24-18(22)17(19(27)23-20(24)28)25(12-13(2)3)16(26)11-14-6-8-15(21)9-7-14/h6-9,13H,4-5,10-12,22H2,1-3H3,(H,23,27,28). The van der Waals surface area contributed by atoms with Crippen molar-refractivity contribution >= 4 is 29.0 Å². The van der Waals surface area contributed by atoms with E-state index in [0.29, 0.717) is 18.1 Å². The molecule has 3 N–H and O–H groups in total. The molecule has 0 saturated carbocycles. The molecule has 2 rings (SSSR count). The lowest BCUT2D eigenvalue weighted by Crippen LogP contribution is -2.43. The van der Waals surface area contributed by atoms with Gasteiger partial charge in [-0.2, -0.15) is 0 Å². The fraction of sp³-hybridized carbons (Fsp3) is 0.450. The Labute approximate surface area is 169 Å². The maximum atomic E-state index is 13.0. The number of H-pyrrole nitrogens is 1. The molecule has 0 aliphatic carbocycles. The van der Waals surface area contributed by atoms with Gasteiger partial charge in [-0.1, -0.05) is 50.9 Å². The number of aromatic amines is 1. The van der Waals surface area contributed by atoms with E-state index in [4.69, 9.17) is 17.3 Å². The average molecular weight is 407 g/mol. The van der Waals surface area contributed by atoms with Crippen LogP contribution in [0.5, 0.6) is 0 Å². The predicted octanol–water partition coefficient (Wildman–Crippen LogP) is 2.80. The zero-order valence-corrected chi connectivity index (χ0v) is 17.3. The van der Waals surface area contributed by atoms with Crippen molar-refractivity contribution in [3.05, 3.63) is 55.7 Å². The monoisotopic (exact) mass is 406 g/mol. The Morgan fingerprint density at radius 2 is 1.89 bits per heavy atom. The summed E-state index contributed by atoms with van der Waals surface area (Å²) in [6.07, 6.45) is 1.70. The van der Waals surface area contributed by atoms with Gasteiger partial charge in [0.25, 0.3) is 5.56 Å². The van der Waals surface area contributed by atoms with Gasteiger partial charge in [-0.15, -0.1) is 0 Å². The van der Waals surface area contributed by atoms with Crippen LogP contribution >= 0.6 is 11.6 Å². The molecule has 1 aromatic carbocycles. The Hall–Kier alpha value is -2.54. The number of aromatic nitrogens is 2. The van der Waals surface area contributed by atoms with E-state index in [1.165, 1.54) is 9.47 Å². The molecule has 7 nitrogen and oxygen atoms in total. The van der Waals surface area contributed by atoms with Crippen molar-refractivity contribution in [2.45, 2.75) is 46.6 Å². The largest absolute Gasteiger partial charge is 0.383 e. The van der Waals surface area contributed by atoms with Gasteiger partial charge in [-0.05, 0) is 30.0 Å². The molecule has 0 radical (unpaired) electrons. The summed E-state index contributed by atoms with van der Waals surface area (Å²) in [5.74, 6) is -0.148. The Kier molecular flexibility index (Phi) is 7.45. The van der Waals surface area contributed by atoms with Gasteiger partial charge in [0.1, 0.15) is 5.82 Å². The summed E-state index contributed by atoms with van der Waals surface area (Å²) in [6, 6.07) is 6.96. The fourth-order valence-corrected chi connectivity index (χ4v) is 3.06. The number of unbranched alkanes of at least 4 members (excludes halogenated alkanes) is 1. The van der Waals surface area contributed by atoms with Crippen molar-refractivity contribution in [1.29, 1.82) is 0 Å². The van der Waals surface area contributed by atoms with E-state index in [0.717, 1.165) is 18.4 Å². The first-order valence-electron chi connectivity index (χ1n) is 9.42. The van der Waals surface area contributed by atoms with Crippen LogP contribution in [-0.2, 0) is 17.8 Å². The van der Waals surface area contributed by atoms with Crippen LogP contribution in [-0.4, -0.2) is 22.0 Å². The molecule has 1 heterocycles. The molecule has 0 aliphatic heterocycles. The van der Waals surface area contributed by atoms with Crippen LogP contribution in [0.3, 0.4) is 0 Å². The molecule has 28 heavy (non-hydrogen) atoms. The lowest BCUT2D eigenvalue weighted by Gasteiger charge is -2.26. The molecular weight excluding hydrogens is 380 g/mol. The molecular formula is C20H27ClN4O3. The summed E-state index contributed by atoms with van der Waals surface area (Å²) < 4.78 is 1.32. The number of hydrogen-bond acceptors (Lipinski definition) is 4. The van der Waals surface area contributed by atoms with Crippen LogP contribution < -0.4 is 21.9 Å². The van der Waals surface area contributed by atoms with E-state index in [9.17, 15) is 14.4 Å². The molecule has 1 amide bonds.